The van der Waals surface area contributed by atoms with E-state index < -0.39 is 5.97 Å². The Morgan fingerprint density at radius 1 is 1.50 bits per heavy atom. The topological polar surface area (TPSA) is 50.2 Å². The van der Waals surface area contributed by atoms with E-state index in [-0.39, 0.29) is 6.42 Å². The lowest BCUT2D eigenvalue weighted by molar-refractivity contribution is -0.136. The number of nitrogens with zero attached hydrogens (tertiary/aromatic N) is 1. The molecule has 0 unspecified atom stereocenters. The highest BCUT2D eigenvalue weighted by molar-refractivity contribution is 7.11. The van der Waals surface area contributed by atoms with Gasteiger partial charge < -0.3 is 5.11 Å². The maximum atomic E-state index is 10.6. The van der Waals surface area contributed by atoms with Gasteiger partial charge in [-0.25, -0.2) is 4.98 Å². The molecule has 0 spiro atoms. The first kappa shape index (κ1) is 11.2. The lowest BCUT2D eigenvalue weighted by Gasteiger charge is -1.93. The zero-order chi connectivity index (χ0) is 10.6. The number of aromatic nitrogens is 1. The summed E-state index contributed by atoms with van der Waals surface area (Å²) in [6.07, 6.45) is 2.95. The third-order valence-electron chi connectivity index (χ3n) is 1.93. The van der Waals surface area contributed by atoms with E-state index in [9.17, 15) is 4.79 Å². The number of carboxylic acid groups (broad SMARTS) is 1. The highest BCUT2D eigenvalue weighted by Crippen LogP contribution is 2.21. The second kappa shape index (κ2) is 5.10. The smallest absolute Gasteiger partial charge is 0.308 e. The molecular weight excluding hydrogens is 198 g/mol. The predicted molar refractivity (Wildman–Crippen MR) is 56.8 cm³/mol. The van der Waals surface area contributed by atoms with Gasteiger partial charge in [-0.1, -0.05) is 13.8 Å². The second-order valence-corrected chi connectivity index (χ2v) is 4.32. The van der Waals surface area contributed by atoms with Crippen molar-refractivity contribution in [2.45, 2.75) is 39.5 Å². The number of hydrogen-bond acceptors (Lipinski definition) is 3. The van der Waals surface area contributed by atoms with Crippen LogP contribution in [0.4, 0.5) is 0 Å². The summed E-state index contributed by atoms with van der Waals surface area (Å²) in [6, 6.07) is 0. The molecule has 1 aromatic heterocycles. The van der Waals surface area contributed by atoms with E-state index in [0.717, 1.165) is 34.8 Å². The quantitative estimate of drug-likeness (QED) is 0.816. The number of aryl methyl sites for hydroxylation is 2. The molecule has 0 fully saturated rings. The van der Waals surface area contributed by atoms with Gasteiger partial charge in [0.25, 0.3) is 0 Å². The molecule has 4 heteroatoms. The van der Waals surface area contributed by atoms with Crippen LogP contribution in [-0.4, -0.2) is 16.1 Å². The molecule has 0 atom stereocenters. The Labute approximate surface area is 87.8 Å². The minimum absolute atomic E-state index is 0.116. The van der Waals surface area contributed by atoms with E-state index in [2.05, 4.69) is 11.9 Å². The van der Waals surface area contributed by atoms with Gasteiger partial charge in [0.15, 0.2) is 0 Å². The lowest BCUT2D eigenvalue weighted by Crippen LogP contribution is -2.00. The summed E-state index contributed by atoms with van der Waals surface area (Å²) in [4.78, 5) is 15.9. The Hall–Kier alpha value is -0.900. The van der Waals surface area contributed by atoms with Crippen LogP contribution in [0.15, 0.2) is 0 Å². The number of rotatable bonds is 5. The van der Waals surface area contributed by atoms with Crippen molar-refractivity contribution in [1.82, 2.24) is 4.98 Å². The summed E-state index contributed by atoms with van der Waals surface area (Å²) in [6.45, 7) is 4.11. The molecule has 0 bridgehead atoms. The fourth-order valence-electron chi connectivity index (χ4n) is 1.31. The molecule has 1 aromatic rings. The minimum Gasteiger partial charge on any atom is -0.481 e. The Kier molecular flexibility index (Phi) is 4.07. The average molecular weight is 213 g/mol. The summed E-state index contributed by atoms with van der Waals surface area (Å²) in [7, 11) is 0. The monoisotopic (exact) mass is 213 g/mol. The number of carboxylic acids is 1. The Bertz CT molecular complexity index is 320. The number of aliphatic carboxylic acids is 1. The zero-order valence-electron chi connectivity index (χ0n) is 8.54. The molecule has 0 aliphatic rings. The lowest BCUT2D eigenvalue weighted by atomic mass is 10.2. The van der Waals surface area contributed by atoms with Crippen molar-refractivity contribution in [2.24, 2.45) is 0 Å². The number of thiazole rings is 1. The standard InChI is InChI=1S/C10H15NO2S/c1-3-5-9-11-7(4-2)8(14-9)6-10(12)13/h3-6H2,1-2H3,(H,12,13). The zero-order valence-corrected chi connectivity index (χ0v) is 9.36. The van der Waals surface area contributed by atoms with Crippen LogP contribution in [0.5, 0.6) is 0 Å². The van der Waals surface area contributed by atoms with Crippen molar-refractivity contribution in [3.8, 4) is 0 Å². The molecule has 1 rings (SSSR count). The Morgan fingerprint density at radius 3 is 2.71 bits per heavy atom. The summed E-state index contributed by atoms with van der Waals surface area (Å²) in [5.41, 5.74) is 0.959. The Morgan fingerprint density at radius 2 is 2.21 bits per heavy atom. The van der Waals surface area contributed by atoms with E-state index in [1.54, 1.807) is 11.3 Å². The first-order valence-corrected chi connectivity index (χ1v) is 5.68. The molecular formula is C10H15NO2S. The molecule has 78 valence electrons. The van der Waals surface area contributed by atoms with Crippen molar-refractivity contribution in [3.63, 3.8) is 0 Å². The molecule has 0 aromatic carbocycles. The third kappa shape index (κ3) is 2.80. The number of carbonyl (C=O) groups is 1. The second-order valence-electron chi connectivity index (χ2n) is 3.15. The molecule has 3 nitrogen and oxygen atoms in total. The molecule has 0 saturated carbocycles. The van der Waals surface area contributed by atoms with Crippen molar-refractivity contribution >= 4 is 17.3 Å². The van der Waals surface area contributed by atoms with E-state index in [1.165, 1.54) is 0 Å². The first-order valence-electron chi connectivity index (χ1n) is 4.86. The van der Waals surface area contributed by atoms with Crippen LogP contribution in [-0.2, 0) is 24.1 Å². The molecule has 1 N–H and O–H groups in total. The van der Waals surface area contributed by atoms with Gasteiger partial charge in [0, 0.05) is 4.88 Å². The van der Waals surface area contributed by atoms with Crippen LogP contribution in [0.25, 0.3) is 0 Å². The molecule has 0 saturated heterocycles. The van der Waals surface area contributed by atoms with Crippen LogP contribution < -0.4 is 0 Å². The maximum Gasteiger partial charge on any atom is 0.308 e. The molecule has 14 heavy (non-hydrogen) atoms. The van der Waals surface area contributed by atoms with Gasteiger partial charge >= 0.3 is 5.97 Å². The van der Waals surface area contributed by atoms with Crippen molar-refractivity contribution < 1.29 is 9.90 Å². The summed E-state index contributed by atoms with van der Waals surface area (Å²) in [5.74, 6) is -0.772. The van der Waals surface area contributed by atoms with Gasteiger partial charge in [-0.3, -0.25) is 4.79 Å². The third-order valence-corrected chi connectivity index (χ3v) is 3.09. The minimum atomic E-state index is -0.772. The van der Waals surface area contributed by atoms with Gasteiger partial charge in [-0.2, -0.15) is 0 Å². The number of hydrogen-bond donors (Lipinski definition) is 1. The summed E-state index contributed by atoms with van der Waals surface area (Å²) >= 11 is 1.55. The molecule has 0 amide bonds. The molecule has 0 radical (unpaired) electrons. The summed E-state index contributed by atoms with van der Waals surface area (Å²) in [5, 5.41) is 9.77. The van der Waals surface area contributed by atoms with E-state index >= 15 is 0 Å². The summed E-state index contributed by atoms with van der Waals surface area (Å²) < 4.78 is 0. The van der Waals surface area contributed by atoms with Crippen LogP contribution in [0.1, 0.15) is 35.8 Å². The van der Waals surface area contributed by atoms with Crippen LogP contribution in [0, 0.1) is 0 Å². The first-order chi connectivity index (χ1) is 6.67. The van der Waals surface area contributed by atoms with Crippen LogP contribution in [0.3, 0.4) is 0 Å². The van der Waals surface area contributed by atoms with E-state index in [1.807, 2.05) is 6.92 Å². The predicted octanol–water partition coefficient (Wildman–Crippen LogP) is 2.29. The van der Waals surface area contributed by atoms with Gasteiger partial charge in [0.2, 0.25) is 0 Å². The SMILES string of the molecule is CCCc1nc(CC)c(CC(=O)O)s1. The van der Waals surface area contributed by atoms with Crippen LogP contribution >= 0.6 is 11.3 Å². The van der Waals surface area contributed by atoms with Gasteiger partial charge in [-0.15, -0.1) is 11.3 Å². The fraction of sp³-hybridized carbons (Fsp3) is 0.600. The highest BCUT2D eigenvalue weighted by Gasteiger charge is 2.11. The fourth-order valence-corrected chi connectivity index (χ4v) is 2.56. The van der Waals surface area contributed by atoms with Crippen LogP contribution in [0.2, 0.25) is 0 Å². The van der Waals surface area contributed by atoms with Crippen molar-refractivity contribution in [1.29, 1.82) is 0 Å². The molecule has 0 aliphatic heterocycles. The van der Waals surface area contributed by atoms with Gasteiger partial charge in [0.05, 0.1) is 17.1 Å². The van der Waals surface area contributed by atoms with Crippen molar-refractivity contribution in [3.05, 3.63) is 15.6 Å². The molecule has 0 aliphatic carbocycles. The van der Waals surface area contributed by atoms with Gasteiger partial charge in [-0.05, 0) is 19.3 Å². The highest BCUT2D eigenvalue weighted by atomic mass is 32.1. The van der Waals surface area contributed by atoms with Gasteiger partial charge in [0.1, 0.15) is 0 Å². The van der Waals surface area contributed by atoms with Crippen molar-refractivity contribution in [2.75, 3.05) is 0 Å². The normalized spacial score (nSPS) is 10.4. The maximum absolute atomic E-state index is 10.6. The average Bonchev–Trinajstić information content (AvgIpc) is 2.47. The van der Waals surface area contributed by atoms with E-state index in [0.29, 0.717) is 0 Å². The Balaban J connectivity index is 2.84. The van der Waals surface area contributed by atoms with E-state index in [4.69, 9.17) is 5.11 Å². The largest absolute Gasteiger partial charge is 0.481 e. The molecule has 1 heterocycles.